The van der Waals surface area contributed by atoms with Crippen LogP contribution in [0.3, 0.4) is 0 Å². The van der Waals surface area contributed by atoms with E-state index in [1.54, 1.807) is 36.4 Å². The molecule has 415 valence electrons. The van der Waals surface area contributed by atoms with Crippen LogP contribution < -0.4 is 0 Å². The van der Waals surface area contributed by atoms with Crippen molar-refractivity contribution in [2.75, 3.05) is 0 Å². The Morgan fingerprint density at radius 2 is 1.12 bits per heavy atom. The van der Waals surface area contributed by atoms with Crippen LogP contribution in [0, 0.1) is 23.0 Å². The standard InChI is InChI=1S/C43H35N2O.C25H24F6N3.Ir/c1-27(2)36-25-32(31-23-21-30(22-24-31)29-13-6-5-7-14-29)26-37(28(3)4)41(36)45-39-19-10-9-18-38(39)44-43(45)35-17-12-16-34-33-15-8-11-20-40(33)46-42(34)35;1-22(2,24(26,27)28)13-18-20(19(34-15-33-18)14-23(3,4)25(29,30)31)17-11-8-12-32-21(17)16-9-6-5-7-10-16;/h5-16,18-28H,1-4H3;5-9,11-12,15H,13-14H2,1-4H3;/q2*-1;. The number of para-hydroxylation sites is 3. The minimum Gasteiger partial charge on any atom is -0.501 e. The molecule has 0 fully saturated rings. The van der Waals surface area contributed by atoms with E-state index < -0.39 is 36.0 Å². The summed E-state index contributed by atoms with van der Waals surface area (Å²) in [6.45, 7) is 13.3. The fraction of sp³-hybridized carbons (Fsp3) is 0.235. The van der Waals surface area contributed by atoms with Crippen molar-refractivity contribution in [2.24, 2.45) is 10.8 Å². The Bertz CT molecular complexity index is 3920. The average Bonchev–Trinajstić information content (AvgIpc) is 4.09. The molecular weight excluding hydrogens is 1210 g/mol. The predicted octanol–water partition coefficient (Wildman–Crippen LogP) is 19.2. The van der Waals surface area contributed by atoms with Crippen molar-refractivity contribution in [2.45, 2.75) is 92.4 Å². The molecule has 81 heavy (non-hydrogen) atoms. The topological polar surface area (TPSA) is 69.6 Å². The largest absolute Gasteiger partial charge is 0.501 e. The molecule has 4 heterocycles. The molecule has 1 radical (unpaired) electrons. The van der Waals surface area contributed by atoms with E-state index in [4.69, 9.17) is 9.40 Å². The minimum atomic E-state index is -4.55. The van der Waals surface area contributed by atoms with E-state index in [0.717, 1.165) is 78.4 Å². The minimum absolute atomic E-state index is 0. The van der Waals surface area contributed by atoms with E-state index >= 15 is 0 Å². The number of benzene rings is 7. The fourth-order valence-corrected chi connectivity index (χ4v) is 10.2. The number of nitrogens with zero attached hydrogens (tertiary/aromatic N) is 5. The summed E-state index contributed by atoms with van der Waals surface area (Å²) in [6.07, 6.45) is -7.65. The fourth-order valence-electron chi connectivity index (χ4n) is 10.2. The van der Waals surface area contributed by atoms with Crippen LogP contribution in [0.25, 0.3) is 94.7 Å². The van der Waals surface area contributed by atoms with Crippen LogP contribution in [0.2, 0.25) is 0 Å². The summed E-state index contributed by atoms with van der Waals surface area (Å²) in [4.78, 5) is 17.9. The predicted molar refractivity (Wildman–Crippen MR) is 308 cm³/mol. The Kier molecular flexibility index (Phi) is 16.5. The molecule has 0 saturated heterocycles. The van der Waals surface area contributed by atoms with Gasteiger partial charge in [0.1, 0.15) is 11.9 Å². The van der Waals surface area contributed by atoms with E-state index in [9.17, 15) is 26.3 Å². The van der Waals surface area contributed by atoms with Crippen molar-refractivity contribution in [3.05, 3.63) is 211 Å². The molecule has 6 nitrogen and oxygen atoms in total. The van der Waals surface area contributed by atoms with Crippen LogP contribution in [0.1, 0.15) is 89.7 Å². The number of imidazole rings is 1. The molecule has 0 N–H and O–H groups in total. The molecule has 7 aromatic carbocycles. The van der Waals surface area contributed by atoms with E-state index in [2.05, 4.69) is 169 Å². The second-order valence-electron chi connectivity index (χ2n) is 22.1. The van der Waals surface area contributed by atoms with Gasteiger partial charge < -0.3 is 14.0 Å². The number of halogens is 6. The molecule has 4 aromatic heterocycles. The Morgan fingerprint density at radius 3 is 1.73 bits per heavy atom. The van der Waals surface area contributed by atoms with Crippen LogP contribution in [0.4, 0.5) is 26.3 Å². The van der Waals surface area contributed by atoms with E-state index in [-0.39, 0.29) is 48.9 Å². The van der Waals surface area contributed by atoms with E-state index in [1.165, 1.54) is 45.3 Å². The number of rotatable bonds is 12. The van der Waals surface area contributed by atoms with Gasteiger partial charge in [0.15, 0.2) is 0 Å². The number of hydrogen-bond acceptors (Lipinski definition) is 5. The third-order valence-electron chi connectivity index (χ3n) is 14.9. The summed E-state index contributed by atoms with van der Waals surface area (Å²) >= 11 is 0. The monoisotopic (exact) mass is 1270 g/mol. The second kappa shape index (κ2) is 23.0. The van der Waals surface area contributed by atoms with Crippen molar-refractivity contribution < 1.29 is 50.9 Å². The van der Waals surface area contributed by atoms with Gasteiger partial charge in [-0.25, -0.2) is 9.97 Å². The van der Waals surface area contributed by atoms with Gasteiger partial charge in [-0.15, -0.1) is 54.1 Å². The zero-order valence-electron chi connectivity index (χ0n) is 46.1. The first-order valence-electron chi connectivity index (χ1n) is 26.6. The van der Waals surface area contributed by atoms with Gasteiger partial charge in [-0.2, -0.15) is 26.3 Å². The van der Waals surface area contributed by atoms with E-state index in [0.29, 0.717) is 16.8 Å². The van der Waals surface area contributed by atoms with Crippen molar-refractivity contribution >= 4 is 33.0 Å². The van der Waals surface area contributed by atoms with E-state index in [1.807, 2.05) is 18.2 Å². The first-order valence-corrected chi connectivity index (χ1v) is 26.6. The summed E-state index contributed by atoms with van der Waals surface area (Å²) < 4.78 is 91.2. The van der Waals surface area contributed by atoms with Gasteiger partial charge in [-0.1, -0.05) is 157 Å². The van der Waals surface area contributed by atoms with Gasteiger partial charge in [0, 0.05) is 55.8 Å². The van der Waals surface area contributed by atoms with Crippen LogP contribution in [-0.4, -0.2) is 36.9 Å². The maximum Gasteiger partial charge on any atom is 0.394 e. The molecule has 11 aromatic rings. The summed E-state index contributed by atoms with van der Waals surface area (Å²) in [5, 5.41) is 2.18. The third kappa shape index (κ3) is 11.6. The molecule has 0 spiro atoms. The molecule has 0 aliphatic rings. The van der Waals surface area contributed by atoms with Crippen molar-refractivity contribution in [3.63, 3.8) is 0 Å². The molecular formula is C68H59F6IrN5O-2. The first kappa shape index (κ1) is 57.9. The zero-order chi connectivity index (χ0) is 56.7. The molecule has 0 atom stereocenters. The van der Waals surface area contributed by atoms with Gasteiger partial charge in [0.05, 0.1) is 44.7 Å². The first-order chi connectivity index (χ1) is 38.1. The summed E-state index contributed by atoms with van der Waals surface area (Å²) in [6, 6.07) is 61.6. The van der Waals surface area contributed by atoms with Crippen LogP contribution in [0.5, 0.6) is 0 Å². The second-order valence-corrected chi connectivity index (χ2v) is 22.1. The SMILES string of the molecule is CC(C)(Cc1ncnc(CC(C)(C)C(F)(F)F)c1-c1cccnc1-c1[c-]cccc1)C(F)(F)F.CC(C)c1cc(-c2ccc(-c3ccccc3)cc2)cc(C(C)C)c1-n1c(-c2[c-]ccc3c2oc2ccccc23)nc2ccccc21.[Ir]. The zero-order valence-corrected chi connectivity index (χ0v) is 48.5. The molecule has 0 saturated carbocycles. The number of hydrogen-bond donors (Lipinski definition) is 0. The molecule has 0 aliphatic heterocycles. The third-order valence-corrected chi connectivity index (χ3v) is 14.9. The Labute approximate surface area is 481 Å². The van der Waals surface area contributed by atoms with Crippen LogP contribution in [0.15, 0.2) is 181 Å². The van der Waals surface area contributed by atoms with Gasteiger partial charge in [-0.3, -0.25) is 4.98 Å². The van der Waals surface area contributed by atoms with Crippen LogP contribution >= 0.6 is 0 Å². The molecule has 0 aliphatic carbocycles. The summed E-state index contributed by atoms with van der Waals surface area (Å²) in [5.41, 5.74) is 10.3. The van der Waals surface area contributed by atoms with Gasteiger partial charge in [-0.05, 0) is 92.9 Å². The number of alkyl halides is 6. The number of fused-ring (bicyclic) bond motifs is 4. The van der Waals surface area contributed by atoms with Gasteiger partial charge in [0.2, 0.25) is 0 Å². The molecule has 13 heteroatoms. The molecule has 11 rings (SSSR count). The quantitative estimate of drug-likeness (QED) is 0.0900. The van der Waals surface area contributed by atoms with Crippen molar-refractivity contribution in [1.29, 1.82) is 0 Å². The van der Waals surface area contributed by atoms with Crippen molar-refractivity contribution in [1.82, 2.24) is 24.5 Å². The normalized spacial score (nSPS) is 12.3. The summed E-state index contributed by atoms with van der Waals surface area (Å²) in [5.74, 6) is 1.39. The Balaban J connectivity index is 0.000000203. The van der Waals surface area contributed by atoms with Gasteiger partial charge >= 0.3 is 12.4 Å². The van der Waals surface area contributed by atoms with Crippen molar-refractivity contribution in [3.8, 4) is 61.7 Å². The van der Waals surface area contributed by atoms with Crippen LogP contribution in [-0.2, 0) is 32.9 Å². The molecule has 0 bridgehead atoms. The maximum absolute atomic E-state index is 13.7. The van der Waals surface area contributed by atoms with Gasteiger partial charge in [0.25, 0.3) is 0 Å². The number of aromatic nitrogens is 5. The molecule has 0 amide bonds. The maximum atomic E-state index is 13.7. The Hall–Kier alpha value is -7.73. The smallest absolute Gasteiger partial charge is 0.394 e. The number of pyridine rings is 1. The average molecular weight is 1270 g/mol. The Morgan fingerprint density at radius 1 is 0.556 bits per heavy atom. The molecule has 0 unspecified atom stereocenters. The summed E-state index contributed by atoms with van der Waals surface area (Å²) in [7, 11) is 0. The number of furan rings is 1.